The quantitative estimate of drug-likeness (QED) is 0.693. The third-order valence-corrected chi connectivity index (χ3v) is 6.60. The number of aromatic nitrogens is 1. The minimum Gasteiger partial charge on any atom is -0.493 e. The summed E-state index contributed by atoms with van der Waals surface area (Å²) in [7, 11) is 1.66. The molecule has 1 aromatic heterocycles. The number of methoxy groups -OCH3 is 1. The van der Waals surface area contributed by atoms with Crippen LogP contribution in [0.15, 0.2) is 42.6 Å². The summed E-state index contributed by atoms with van der Waals surface area (Å²) in [5.41, 5.74) is 1.36. The standard InChI is InChI=1S/C26H29NO4/c1-30-23-10-9-20(18-24(23)31-22-7-2-3-8-22)26(14-11-19(12-15-26)25(28)29)16-13-21-6-4-5-17-27-21/h4-6,9-10,17-19,22H,2-3,7-8,11-12,14-15H2,1H3,(H,28,29)/t19-,26-. The fourth-order valence-corrected chi connectivity index (χ4v) is 4.72. The SMILES string of the molecule is COc1ccc([C@]2(C#Cc3ccccn3)CC[C@@H](C(=O)O)CC2)cc1OC1CCCC1. The highest BCUT2D eigenvalue weighted by Crippen LogP contribution is 2.44. The van der Waals surface area contributed by atoms with E-state index in [2.05, 4.69) is 29.0 Å². The topological polar surface area (TPSA) is 68.7 Å². The fourth-order valence-electron chi connectivity index (χ4n) is 4.72. The molecule has 0 amide bonds. The molecule has 0 bridgehead atoms. The lowest BCUT2D eigenvalue weighted by Crippen LogP contribution is -2.33. The molecule has 5 nitrogen and oxygen atoms in total. The zero-order valence-electron chi connectivity index (χ0n) is 18.0. The van der Waals surface area contributed by atoms with E-state index in [1.807, 2.05) is 24.3 Å². The number of aliphatic carboxylic acids is 1. The highest BCUT2D eigenvalue weighted by atomic mass is 16.5. The molecular weight excluding hydrogens is 390 g/mol. The summed E-state index contributed by atoms with van der Waals surface area (Å²) < 4.78 is 11.9. The zero-order valence-corrected chi connectivity index (χ0v) is 18.0. The van der Waals surface area contributed by atoms with E-state index in [0.29, 0.717) is 25.7 Å². The van der Waals surface area contributed by atoms with Gasteiger partial charge in [0.25, 0.3) is 0 Å². The Labute approximate surface area is 183 Å². The van der Waals surface area contributed by atoms with E-state index in [1.54, 1.807) is 13.3 Å². The highest BCUT2D eigenvalue weighted by molar-refractivity contribution is 5.70. The molecule has 2 saturated carbocycles. The van der Waals surface area contributed by atoms with Crippen molar-refractivity contribution >= 4 is 5.97 Å². The Morgan fingerprint density at radius 1 is 1.10 bits per heavy atom. The van der Waals surface area contributed by atoms with Gasteiger partial charge in [-0.3, -0.25) is 4.79 Å². The number of pyridine rings is 1. The van der Waals surface area contributed by atoms with E-state index in [1.165, 1.54) is 12.8 Å². The van der Waals surface area contributed by atoms with Crippen LogP contribution in [-0.4, -0.2) is 29.3 Å². The number of hydrogen-bond donors (Lipinski definition) is 1. The van der Waals surface area contributed by atoms with E-state index < -0.39 is 11.4 Å². The van der Waals surface area contributed by atoms with Gasteiger partial charge in [0.15, 0.2) is 11.5 Å². The molecule has 2 fully saturated rings. The summed E-state index contributed by atoms with van der Waals surface area (Å²) in [5.74, 6) is 7.18. The Hall–Kier alpha value is -3.00. The third kappa shape index (κ3) is 4.85. The van der Waals surface area contributed by atoms with E-state index in [4.69, 9.17) is 9.47 Å². The number of benzene rings is 1. The van der Waals surface area contributed by atoms with Crippen molar-refractivity contribution in [3.63, 3.8) is 0 Å². The van der Waals surface area contributed by atoms with Crippen LogP contribution in [0.5, 0.6) is 11.5 Å². The maximum atomic E-state index is 11.5. The summed E-state index contributed by atoms with van der Waals surface area (Å²) in [6.45, 7) is 0. The van der Waals surface area contributed by atoms with Crippen LogP contribution in [0.2, 0.25) is 0 Å². The van der Waals surface area contributed by atoms with Gasteiger partial charge in [-0.15, -0.1) is 0 Å². The number of hydrogen-bond acceptors (Lipinski definition) is 4. The maximum Gasteiger partial charge on any atom is 0.306 e. The van der Waals surface area contributed by atoms with Gasteiger partial charge in [-0.05, 0) is 87.1 Å². The second-order valence-electron chi connectivity index (χ2n) is 8.55. The largest absolute Gasteiger partial charge is 0.493 e. The predicted molar refractivity (Wildman–Crippen MR) is 118 cm³/mol. The van der Waals surface area contributed by atoms with Crippen LogP contribution in [0, 0.1) is 17.8 Å². The van der Waals surface area contributed by atoms with Crippen LogP contribution in [0.4, 0.5) is 0 Å². The van der Waals surface area contributed by atoms with E-state index >= 15 is 0 Å². The summed E-state index contributed by atoms with van der Waals surface area (Å²) in [6.07, 6.45) is 9.09. The lowest BCUT2D eigenvalue weighted by atomic mass is 9.67. The molecule has 2 aliphatic carbocycles. The molecule has 0 unspecified atom stereocenters. The van der Waals surface area contributed by atoms with Gasteiger partial charge in [-0.1, -0.05) is 18.1 Å². The lowest BCUT2D eigenvalue weighted by molar-refractivity contribution is -0.143. The molecule has 4 rings (SSSR count). The van der Waals surface area contributed by atoms with E-state index in [9.17, 15) is 9.90 Å². The monoisotopic (exact) mass is 419 g/mol. The third-order valence-electron chi connectivity index (χ3n) is 6.60. The number of rotatable bonds is 5. The summed E-state index contributed by atoms with van der Waals surface area (Å²) in [5, 5.41) is 9.48. The molecular formula is C26H29NO4. The van der Waals surface area contributed by atoms with Gasteiger partial charge in [-0.2, -0.15) is 0 Å². The average molecular weight is 420 g/mol. The van der Waals surface area contributed by atoms with Crippen molar-refractivity contribution in [2.75, 3.05) is 7.11 Å². The molecule has 1 N–H and O–H groups in total. The molecule has 0 atom stereocenters. The van der Waals surface area contributed by atoms with Gasteiger partial charge in [-0.25, -0.2) is 4.98 Å². The molecule has 0 radical (unpaired) electrons. The second kappa shape index (κ2) is 9.43. The average Bonchev–Trinajstić information content (AvgIpc) is 3.32. The first-order chi connectivity index (χ1) is 15.1. The molecule has 1 heterocycles. The molecule has 0 spiro atoms. The van der Waals surface area contributed by atoms with Crippen molar-refractivity contribution in [3.05, 3.63) is 53.9 Å². The molecule has 162 valence electrons. The normalized spacial score (nSPS) is 23.6. The van der Waals surface area contributed by atoms with Crippen molar-refractivity contribution in [2.45, 2.75) is 62.9 Å². The van der Waals surface area contributed by atoms with Crippen molar-refractivity contribution in [2.24, 2.45) is 5.92 Å². The number of carboxylic acids is 1. The summed E-state index contributed by atoms with van der Waals surface area (Å²) in [6, 6.07) is 11.8. The van der Waals surface area contributed by atoms with Crippen LogP contribution in [0.3, 0.4) is 0 Å². The molecule has 0 saturated heterocycles. The van der Waals surface area contributed by atoms with Crippen LogP contribution in [0.1, 0.15) is 62.6 Å². The highest BCUT2D eigenvalue weighted by Gasteiger charge is 2.38. The van der Waals surface area contributed by atoms with E-state index in [0.717, 1.165) is 35.6 Å². The van der Waals surface area contributed by atoms with Crippen molar-refractivity contribution < 1.29 is 19.4 Å². The molecule has 1 aromatic carbocycles. The van der Waals surface area contributed by atoms with Gasteiger partial charge >= 0.3 is 5.97 Å². The first kappa shape index (κ1) is 21.2. The Morgan fingerprint density at radius 2 is 1.87 bits per heavy atom. The van der Waals surface area contributed by atoms with Crippen LogP contribution in [0.25, 0.3) is 0 Å². The molecule has 2 aromatic rings. The van der Waals surface area contributed by atoms with Crippen LogP contribution in [-0.2, 0) is 10.2 Å². The number of carboxylic acid groups (broad SMARTS) is 1. The van der Waals surface area contributed by atoms with Gasteiger partial charge in [0, 0.05) is 6.20 Å². The molecule has 0 aliphatic heterocycles. The Balaban J connectivity index is 1.69. The maximum absolute atomic E-state index is 11.5. The second-order valence-corrected chi connectivity index (χ2v) is 8.55. The van der Waals surface area contributed by atoms with Crippen LogP contribution < -0.4 is 9.47 Å². The zero-order chi connectivity index (χ0) is 21.7. The van der Waals surface area contributed by atoms with Crippen molar-refractivity contribution in [3.8, 4) is 23.3 Å². The van der Waals surface area contributed by atoms with Gasteiger partial charge in [0.2, 0.25) is 0 Å². The van der Waals surface area contributed by atoms with Crippen LogP contribution >= 0.6 is 0 Å². The predicted octanol–water partition coefficient (Wildman–Crippen LogP) is 4.98. The van der Waals surface area contributed by atoms with Gasteiger partial charge in [0.05, 0.1) is 24.5 Å². The number of nitrogens with zero attached hydrogens (tertiary/aromatic N) is 1. The Morgan fingerprint density at radius 3 is 2.52 bits per heavy atom. The molecule has 5 heteroatoms. The Kier molecular flexibility index (Phi) is 6.46. The molecule has 2 aliphatic rings. The Bertz CT molecular complexity index is 962. The number of ether oxygens (including phenoxy) is 2. The van der Waals surface area contributed by atoms with E-state index in [-0.39, 0.29) is 12.0 Å². The van der Waals surface area contributed by atoms with Crippen molar-refractivity contribution in [1.82, 2.24) is 4.98 Å². The first-order valence-corrected chi connectivity index (χ1v) is 11.1. The van der Waals surface area contributed by atoms with Gasteiger partial charge in [0.1, 0.15) is 5.69 Å². The van der Waals surface area contributed by atoms with Gasteiger partial charge < -0.3 is 14.6 Å². The minimum absolute atomic E-state index is 0.224. The fraction of sp³-hybridized carbons (Fsp3) is 0.462. The first-order valence-electron chi connectivity index (χ1n) is 11.1. The lowest BCUT2D eigenvalue weighted by Gasteiger charge is -2.36. The summed E-state index contributed by atoms with van der Waals surface area (Å²) in [4.78, 5) is 15.9. The molecule has 31 heavy (non-hydrogen) atoms. The smallest absolute Gasteiger partial charge is 0.306 e. The minimum atomic E-state index is -0.716. The number of carbonyl (C=O) groups is 1. The van der Waals surface area contributed by atoms with Crippen molar-refractivity contribution in [1.29, 1.82) is 0 Å². The summed E-state index contributed by atoms with van der Waals surface area (Å²) >= 11 is 0.